The van der Waals surface area contributed by atoms with E-state index in [0.717, 1.165) is 18.4 Å². The molecule has 0 amide bonds. The largest absolute Gasteiger partial charge is 0.303 e. The van der Waals surface area contributed by atoms with Crippen LogP contribution in [0.2, 0.25) is 0 Å². The van der Waals surface area contributed by atoms with Crippen LogP contribution >= 0.6 is 0 Å². The molecule has 0 spiro atoms. The molecule has 0 radical (unpaired) electrons. The van der Waals surface area contributed by atoms with E-state index in [4.69, 9.17) is 0 Å². The lowest BCUT2D eigenvalue weighted by Gasteiger charge is -1.91. The van der Waals surface area contributed by atoms with E-state index in [1.165, 1.54) is 0 Å². The molecule has 0 aliphatic heterocycles. The number of hydrogen-bond acceptors (Lipinski definition) is 2. The van der Waals surface area contributed by atoms with Crippen LogP contribution in [0.4, 0.5) is 0 Å². The summed E-state index contributed by atoms with van der Waals surface area (Å²) in [6.45, 7) is 1.99. The Hall–Kier alpha value is -0.660. The van der Waals surface area contributed by atoms with Crippen LogP contribution in [0.5, 0.6) is 0 Å². The van der Waals surface area contributed by atoms with Gasteiger partial charge in [0.2, 0.25) is 0 Å². The molecular weight excluding hydrogens is 102 g/mol. The van der Waals surface area contributed by atoms with Gasteiger partial charge in [-0.05, 0) is 6.42 Å². The molecule has 0 unspecified atom stereocenters. The average molecular weight is 113 g/mol. The van der Waals surface area contributed by atoms with Crippen LogP contribution in [0.15, 0.2) is 4.99 Å². The molecule has 8 heavy (non-hydrogen) atoms. The van der Waals surface area contributed by atoms with Crippen LogP contribution in [0.25, 0.3) is 0 Å². The zero-order valence-electron chi connectivity index (χ0n) is 5.35. The third-order valence-corrected chi connectivity index (χ3v) is 1.04. The summed E-state index contributed by atoms with van der Waals surface area (Å²) in [5.74, 6) is 0. The highest BCUT2D eigenvalue weighted by molar-refractivity contribution is 5.93. The Kier molecular flexibility index (Phi) is 4.13. The van der Waals surface area contributed by atoms with Crippen LogP contribution < -0.4 is 0 Å². The summed E-state index contributed by atoms with van der Waals surface area (Å²) in [4.78, 5) is 13.7. The van der Waals surface area contributed by atoms with E-state index in [-0.39, 0.29) is 0 Å². The fourth-order valence-corrected chi connectivity index (χ4v) is 0.490. The second-order valence-electron chi connectivity index (χ2n) is 1.51. The summed E-state index contributed by atoms with van der Waals surface area (Å²) < 4.78 is 0. The topological polar surface area (TPSA) is 29.4 Å². The predicted molar refractivity (Wildman–Crippen MR) is 34.3 cm³/mol. The first-order chi connectivity index (χ1) is 3.85. The molecule has 0 bridgehead atoms. The first kappa shape index (κ1) is 7.34. The van der Waals surface area contributed by atoms with Gasteiger partial charge in [0.25, 0.3) is 0 Å². The smallest absolute Gasteiger partial charge is 0.125 e. The van der Waals surface area contributed by atoms with Crippen LogP contribution in [0, 0.1) is 0 Å². The van der Waals surface area contributed by atoms with Crippen molar-refractivity contribution in [3.63, 3.8) is 0 Å². The average Bonchev–Trinajstić information content (AvgIpc) is 1.83. The molecule has 0 aromatic heterocycles. The zero-order chi connectivity index (χ0) is 6.41. The summed E-state index contributed by atoms with van der Waals surface area (Å²) in [7, 11) is 1.71. The van der Waals surface area contributed by atoms with E-state index in [0.29, 0.717) is 6.42 Å². The Bertz CT molecular complexity index is 96.7. The molecule has 0 atom stereocenters. The van der Waals surface area contributed by atoms with E-state index in [1.54, 1.807) is 7.05 Å². The molecule has 0 aliphatic rings. The van der Waals surface area contributed by atoms with Gasteiger partial charge >= 0.3 is 0 Å². The van der Waals surface area contributed by atoms with Gasteiger partial charge in [0.15, 0.2) is 0 Å². The molecule has 46 valence electrons. The molecule has 2 heteroatoms. The van der Waals surface area contributed by atoms with Crippen molar-refractivity contribution < 1.29 is 4.79 Å². The normalized spacial score (nSPS) is 11.5. The second kappa shape index (κ2) is 4.50. The molecule has 2 nitrogen and oxygen atoms in total. The lowest BCUT2D eigenvalue weighted by atomic mass is 10.2. The predicted octanol–water partition coefficient (Wildman–Crippen LogP) is 1.06. The van der Waals surface area contributed by atoms with Crippen LogP contribution in [0.3, 0.4) is 0 Å². The van der Waals surface area contributed by atoms with Gasteiger partial charge in [-0.2, -0.15) is 0 Å². The van der Waals surface area contributed by atoms with Crippen molar-refractivity contribution in [2.45, 2.75) is 19.8 Å². The van der Waals surface area contributed by atoms with Gasteiger partial charge < -0.3 is 4.79 Å². The highest BCUT2D eigenvalue weighted by Gasteiger charge is 1.89. The van der Waals surface area contributed by atoms with Crippen LogP contribution in [0.1, 0.15) is 19.8 Å². The van der Waals surface area contributed by atoms with Gasteiger partial charge in [-0.3, -0.25) is 4.99 Å². The zero-order valence-corrected chi connectivity index (χ0v) is 5.35. The Morgan fingerprint density at radius 3 is 2.50 bits per heavy atom. The molecule has 0 fully saturated rings. The molecule has 0 saturated heterocycles. The standard InChI is InChI=1S/C6H11NO/c1-3-6(7-2)4-5-8/h5H,3-4H2,1-2H3. The molecule has 0 aromatic carbocycles. The van der Waals surface area contributed by atoms with Crippen molar-refractivity contribution in [3.05, 3.63) is 0 Å². The first-order valence-corrected chi connectivity index (χ1v) is 2.73. The monoisotopic (exact) mass is 113 g/mol. The Morgan fingerprint density at radius 1 is 1.75 bits per heavy atom. The van der Waals surface area contributed by atoms with Crippen molar-refractivity contribution >= 4 is 12.0 Å². The van der Waals surface area contributed by atoms with Gasteiger partial charge in [0.05, 0.1) is 0 Å². The lowest BCUT2D eigenvalue weighted by Crippen LogP contribution is -1.95. The van der Waals surface area contributed by atoms with Crippen molar-refractivity contribution in [2.75, 3.05) is 7.05 Å². The number of hydrogen-bond donors (Lipinski definition) is 0. The van der Waals surface area contributed by atoms with Crippen molar-refractivity contribution in [2.24, 2.45) is 4.99 Å². The van der Waals surface area contributed by atoms with E-state index >= 15 is 0 Å². The first-order valence-electron chi connectivity index (χ1n) is 2.73. The summed E-state index contributed by atoms with van der Waals surface area (Å²) >= 11 is 0. The van der Waals surface area contributed by atoms with E-state index in [2.05, 4.69) is 4.99 Å². The fourth-order valence-electron chi connectivity index (χ4n) is 0.490. The molecule has 0 rings (SSSR count). The third kappa shape index (κ3) is 2.50. The van der Waals surface area contributed by atoms with Crippen LogP contribution in [-0.2, 0) is 4.79 Å². The summed E-state index contributed by atoms with van der Waals surface area (Å²) in [6.07, 6.45) is 2.26. The molecule has 0 N–H and O–H groups in total. The van der Waals surface area contributed by atoms with Gasteiger partial charge in [0.1, 0.15) is 6.29 Å². The Morgan fingerprint density at radius 2 is 2.38 bits per heavy atom. The summed E-state index contributed by atoms with van der Waals surface area (Å²) in [5, 5.41) is 0. The maximum absolute atomic E-state index is 9.85. The molecule has 0 aliphatic carbocycles. The Balaban J connectivity index is 3.53. The Labute approximate surface area is 49.6 Å². The number of rotatable bonds is 3. The highest BCUT2D eigenvalue weighted by atomic mass is 16.1. The number of carbonyl (C=O) groups is 1. The van der Waals surface area contributed by atoms with E-state index in [1.807, 2.05) is 6.92 Å². The van der Waals surface area contributed by atoms with E-state index < -0.39 is 0 Å². The molecule has 0 heterocycles. The summed E-state index contributed by atoms with van der Waals surface area (Å²) in [5.41, 5.74) is 0.972. The van der Waals surface area contributed by atoms with Crippen LogP contribution in [-0.4, -0.2) is 19.0 Å². The summed E-state index contributed by atoms with van der Waals surface area (Å²) in [6, 6.07) is 0. The third-order valence-electron chi connectivity index (χ3n) is 1.04. The molecule has 0 aromatic rings. The number of carbonyl (C=O) groups excluding carboxylic acids is 1. The minimum absolute atomic E-state index is 0.493. The second-order valence-corrected chi connectivity index (χ2v) is 1.51. The quantitative estimate of drug-likeness (QED) is 0.397. The number of aliphatic imine (C=N–C) groups is 1. The maximum atomic E-state index is 9.85. The number of aldehydes is 1. The van der Waals surface area contributed by atoms with Crippen molar-refractivity contribution in [1.29, 1.82) is 0 Å². The van der Waals surface area contributed by atoms with Gasteiger partial charge in [-0.15, -0.1) is 0 Å². The lowest BCUT2D eigenvalue weighted by molar-refractivity contribution is -0.106. The van der Waals surface area contributed by atoms with Gasteiger partial charge in [-0.25, -0.2) is 0 Å². The minimum Gasteiger partial charge on any atom is -0.303 e. The number of nitrogens with zero attached hydrogens (tertiary/aromatic N) is 1. The van der Waals surface area contributed by atoms with E-state index in [9.17, 15) is 4.79 Å². The van der Waals surface area contributed by atoms with Gasteiger partial charge in [0, 0.05) is 19.2 Å². The SMILES string of the molecule is CCC(CC=O)=NC. The van der Waals surface area contributed by atoms with Crippen molar-refractivity contribution in [1.82, 2.24) is 0 Å². The maximum Gasteiger partial charge on any atom is 0.125 e. The fraction of sp³-hybridized carbons (Fsp3) is 0.667. The van der Waals surface area contributed by atoms with Gasteiger partial charge in [-0.1, -0.05) is 6.92 Å². The minimum atomic E-state index is 0.493. The molecule has 0 saturated carbocycles. The molecular formula is C6H11NO. The van der Waals surface area contributed by atoms with Crippen molar-refractivity contribution in [3.8, 4) is 0 Å². The highest BCUT2D eigenvalue weighted by Crippen LogP contribution is 1.87.